The van der Waals surface area contributed by atoms with Gasteiger partial charge in [-0.15, -0.1) is 10.2 Å². The molecular formula is C5H5N2O2S. The van der Waals surface area contributed by atoms with Gasteiger partial charge in [-0.3, -0.25) is 4.79 Å². The number of hydrogen-bond acceptors (Lipinski definition) is 5. The number of hydrogen-bond donors (Lipinski definition) is 0. The summed E-state index contributed by atoms with van der Waals surface area (Å²) in [5.74, 6) is 0. The van der Waals surface area contributed by atoms with E-state index in [4.69, 9.17) is 4.74 Å². The summed E-state index contributed by atoms with van der Waals surface area (Å²) >= 11 is 1.30. The van der Waals surface area contributed by atoms with Crippen molar-refractivity contribution in [3.05, 3.63) is 5.01 Å². The third-order valence-corrected chi connectivity index (χ3v) is 1.51. The minimum absolute atomic E-state index is 0.0748. The Morgan fingerprint density at radius 3 is 3.00 bits per heavy atom. The molecule has 1 radical (unpaired) electrons. The molecule has 0 spiro atoms. The van der Waals surface area contributed by atoms with E-state index in [0.717, 1.165) is 5.01 Å². The lowest BCUT2D eigenvalue weighted by atomic mass is 10.8. The molecule has 0 aliphatic rings. The van der Waals surface area contributed by atoms with Crippen molar-refractivity contribution in [3.8, 4) is 5.19 Å². The van der Waals surface area contributed by atoms with Gasteiger partial charge in [0.25, 0.3) is 5.19 Å². The Labute approximate surface area is 61.8 Å². The van der Waals surface area contributed by atoms with Crippen LogP contribution in [0.1, 0.15) is 5.01 Å². The molecule has 0 bridgehead atoms. The molecule has 0 aliphatic carbocycles. The highest BCUT2D eigenvalue weighted by molar-refractivity contribution is 7.12. The van der Waals surface area contributed by atoms with E-state index in [0.29, 0.717) is 5.19 Å². The van der Waals surface area contributed by atoms with Crippen molar-refractivity contribution in [2.24, 2.45) is 0 Å². The monoisotopic (exact) mass is 157 g/mol. The smallest absolute Gasteiger partial charge is 0.294 e. The van der Waals surface area contributed by atoms with Gasteiger partial charge in [0.1, 0.15) is 5.01 Å². The van der Waals surface area contributed by atoms with E-state index >= 15 is 0 Å². The maximum atomic E-state index is 9.69. The number of nitrogens with zero attached hydrogens (tertiary/aromatic N) is 2. The fourth-order valence-corrected chi connectivity index (χ4v) is 0.962. The van der Waals surface area contributed by atoms with Gasteiger partial charge in [0.2, 0.25) is 6.29 Å². The van der Waals surface area contributed by atoms with E-state index < -0.39 is 0 Å². The Kier molecular flexibility index (Phi) is 2.33. The zero-order valence-electron chi connectivity index (χ0n) is 5.33. The van der Waals surface area contributed by atoms with Crippen LogP contribution in [-0.4, -0.2) is 23.1 Å². The highest BCUT2D eigenvalue weighted by atomic mass is 32.1. The van der Waals surface area contributed by atoms with Gasteiger partial charge in [0.15, 0.2) is 6.61 Å². The standard InChI is InChI=1S/C5H5N2O2S/c1-4-6-7-5(10-4)9-3-2-8/h3H2,1H3. The molecule has 4 nitrogen and oxygen atoms in total. The fourth-order valence-electron chi connectivity index (χ4n) is 0.428. The van der Waals surface area contributed by atoms with Crippen LogP contribution in [0.15, 0.2) is 0 Å². The Hall–Kier alpha value is -0.970. The quantitative estimate of drug-likeness (QED) is 0.634. The Balaban J connectivity index is 2.49. The van der Waals surface area contributed by atoms with Gasteiger partial charge in [-0.25, -0.2) is 0 Å². The number of rotatable bonds is 3. The maximum Gasteiger partial charge on any atom is 0.294 e. The Bertz CT molecular complexity index is 223. The van der Waals surface area contributed by atoms with E-state index in [1.165, 1.54) is 11.3 Å². The molecule has 0 saturated heterocycles. The average Bonchev–Trinajstić information content (AvgIpc) is 2.31. The van der Waals surface area contributed by atoms with E-state index in [-0.39, 0.29) is 6.61 Å². The van der Waals surface area contributed by atoms with Crippen LogP contribution < -0.4 is 4.74 Å². The summed E-state index contributed by atoms with van der Waals surface area (Å²) in [7, 11) is 0. The molecule has 0 atom stereocenters. The van der Waals surface area contributed by atoms with Gasteiger partial charge < -0.3 is 4.74 Å². The van der Waals surface area contributed by atoms with Crippen molar-refractivity contribution in [2.75, 3.05) is 6.61 Å². The number of aryl methyl sites for hydroxylation is 1. The molecule has 0 N–H and O–H groups in total. The molecule has 0 amide bonds. The summed E-state index contributed by atoms with van der Waals surface area (Å²) in [6.07, 6.45) is 1.59. The largest absolute Gasteiger partial charge is 0.460 e. The van der Waals surface area contributed by atoms with E-state index in [9.17, 15) is 4.79 Å². The molecule has 5 heteroatoms. The molecule has 0 fully saturated rings. The zero-order valence-corrected chi connectivity index (χ0v) is 6.14. The summed E-state index contributed by atoms with van der Waals surface area (Å²) < 4.78 is 4.80. The third kappa shape index (κ3) is 1.77. The van der Waals surface area contributed by atoms with Crippen LogP contribution in [0.2, 0.25) is 0 Å². The predicted molar refractivity (Wildman–Crippen MR) is 35.8 cm³/mol. The summed E-state index contributed by atoms with van der Waals surface area (Å²) in [5, 5.41) is 8.54. The summed E-state index contributed by atoms with van der Waals surface area (Å²) in [4.78, 5) is 9.69. The van der Waals surface area contributed by atoms with Crippen molar-refractivity contribution in [3.63, 3.8) is 0 Å². The normalized spacial score (nSPS) is 9.30. The molecule has 1 heterocycles. The molecule has 1 aromatic rings. The second-order valence-electron chi connectivity index (χ2n) is 1.52. The van der Waals surface area contributed by atoms with Crippen molar-refractivity contribution < 1.29 is 9.53 Å². The third-order valence-electron chi connectivity index (χ3n) is 0.762. The fraction of sp³-hybridized carbons (Fsp3) is 0.400. The minimum atomic E-state index is -0.0748. The first-order chi connectivity index (χ1) is 4.83. The highest BCUT2D eigenvalue weighted by Crippen LogP contribution is 2.15. The highest BCUT2D eigenvalue weighted by Gasteiger charge is 1.98. The molecule has 0 saturated carbocycles. The van der Waals surface area contributed by atoms with Gasteiger partial charge in [0.05, 0.1) is 0 Å². The second kappa shape index (κ2) is 3.26. The van der Waals surface area contributed by atoms with Crippen LogP contribution in [0.3, 0.4) is 0 Å². The molecule has 1 rings (SSSR count). The summed E-state index contributed by atoms with van der Waals surface area (Å²) in [6, 6.07) is 0. The topological polar surface area (TPSA) is 52.1 Å². The van der Waals surface area contributed by atoms with Crippen LogP contribution in [0.25, 0.3) is 0 Å². The molecular weight excluding hydrogens is 152 g/mol. The first kappa shape index (κ1) is 7.14. The first-order valence-electron chi connectivity index (χ1n) is 2.61. The first-order valence-corrected chi connectivity index (χ1v) is 3.42. The van der Waals surface area contributed by atoms with E-state index in [1.807, 2.05) is 6.92 Å². The van der Waals surface area contributed by atoms with Gasteiger partial charge >= 0.3 is 0 Å². The Morgan fingerprint density at radius 1 is 1.70 bits per heavy atom. The molecule has 1 aromatic heterocycles. The maximum absolute atomic E-state index is 9.69. The van der Waals surface area contributed by atoms with Crippen molar-refractivity contribution in [1.29, 1.82) is 0 Å². The summed E-state index contributed by atoms with van der Waals surface area (Å²) in [5.41, 5.74) is 0. The molecule has 0 aromatic carbocycles. The van der Waals surface area contributed by atoms with Crippen LogP contribution in [0.5, 0.6) is 5.19 Å². The lowest BCUT2D eigenvalue weighted by Gasteiger charge is -1.89. The van der Waals surface area contributed by atoms with Crippen LogP contribution >= 0.6 is 11.3 Å². The molecule has 0 aliphatic heterocycles. The number of carbonyl (C=O) groups excluding carboxylic acids is 1. The lowest BCUT2D eigenvalue weighted by molar-refractivity contribution is 0.359. The van der Waals surface area contributed by atoms with Crippen molar-refractivity contribution >= 4 is 17.6 Å². The minimum Gasteiger partial charge on any atom is -0.460 e. The van der Waals surface area contributed by atoms with Crippen LogP contribution in [-0.2, 0) is 4.79 Å². The summed E-state index contributed by atoms with van der Waals surface area (Å²) in [6.45, 7) is 1.74. The van der Waals surface area contributed by atoms with E-state index in [1.54, 1.807) is 6.29 Å². The van der Waals surface area contributed by atoms with E-state index in [2.05, 4.69) is 10.2 Å². The zero-order chi connectivity index (χ0) is 7.40. The van der Waals surface area contributed by atoms with Crippen LogP contribution in [0.4, 0.5) is 0 Å². The SMILES string of the molecule is Cc1nnc(OC[C]=O)s1. The second-order valence-corrected chi connectivity index (χ2v) is 2.66. The van der Waals surface area contributed by atoms with Crippen LogP contribution in [0, 0.1) is 6.92 Å². The predicted octanol–water partition coefficient (Wildman–Crippen LogP) is 0.335. The lowest BCUT2D eigenvalue weighted by Crippen LogP contribution is -1.96. The molecule has 53 valence electrons. The van der Waals surface area contributed by atoms with Gasteiger partial charge in [0, 0.05) is 0 Å². The Morgan fingerprint density at radius 2 is 2.50 bits per heavy atom. The number of ether oxygens (including phenoxy) is 1. The van der Waals surface area contributed by atoms with Crippen molar-refractivity contribution in [1.82, 2.24) is 10.2 Å². The van der Waals surface area contributed by atoms with Crippen molar-refractivity contribution in [2.45, 2.75) is 6.92 Å². The van der Waals surface area contributed by atoms with Gasteiger partial charge in [-0.2, -0.15) is 0 Å². The number of aromatic nitrogens is 2. The average molecular weight is 157 g/mol. The van der Waals surface area contributed by atoms with Gasteiger partial charge in [-0.05, 0) is 6.92 Å². The molecule has 10 heavy (non-hydrogen) atoms. The van der Waals surface area contributed by atoms with Gasteiger partial charge in [-0.1, -0.05) is 11.3 Å². The molecule has 0 unspecified atom stereocenters.